The first-order chi connectivity index (χ1) is 10.3. The summed E-state index contributed by atoms with van der Waals surface area (Å²) in [5.41, 5.74) is 9.18. The van der Waals surface area contributed by atoms with E-state index in [-0.39, 0.29) is 0 Å². The van der Waals surface area contributed by atoms with Crippen molar-refractivity contribution in [1.82, 2.24) is 14.6 Å². The maximum Gasteiger partial charge on any atom is 0.153 e. The third-order valence-corrected chi connectivity index (χ3v) is 4.87. The highest BCUT2D eigenvalue weighted by Crippen LogP contribution is 2.34. The molecule has 3 rings (SSSR count). The maximum absolute atomic E-state index is 5.82. The number of H-pyrrole nitrogens is 1. The predicted octanol–water partition coefficient (Wildman–Crippen LogP) is 3.45. The summed E-state index contributed by atoms with van der Waals surface area (Å²) in [5, 5.41) is 11.3. The molecule has 0 radical (unpaired) electrons. The average molecular weight is 317 g/mol. The summed E-state index contributed by atoms with van der Waals surface area (Å²) in [4.78, 5) is 1.02. The molecule has 4 N–H and O–H groups in total. The number of nitrogens with two attached hydrogens (primary N) is 1. The normalized spacial score (nSPS) is 10.7. The van der Waals surface area contributed by atoms with Gasteiger partial charge in [-0.25, -0.2) is 0 Å². The summed E-state index contributed by atoms with van der Waals surface area (Å²) < 4.78 is 4.17. The molecule has 0 amide bonds. The second-order valence-electron chi connectivity index (χ2n) is 4.45. The van der Waals surface area contributed by atoms with Crippen molar-refractivity contribution in [2.45, 2.75) is 11.4 Å². The largest absolute Gasteiger partial charge is 0.382 e. The molecule has 0 saturated carbocycles. The number of nitrogen functional groups attached to an aromatic ring is 1. The van der Waals surface area contributed by atoms with Crippen LogP contribution in [0.15, 0.2) is 41.4 Å². The Balaban J connectivity index is 1.68. The van der Waals surface area contributed by atoms with Crippen molar-refractivity contribution < 1.29 is 0 Å². The zero-order valence-corrected chi connectivity index (χ0v) is 13.1. The van der Waals surface area contributed by atoms with Crippen molar-refractivity contribution in [2.24, 2.45) is 0 Å². The zero-order chi connectivity index (χ0) is 14.7. The van der Waals surface area contributed by atoms with Crippen molar-refractivity contribution >= 4 is 34.1 Å². The number of thioether (sulfide) groups is 1. The van der Waals surface area contributed by atoms with Crippen LogP contribution in [0.1, 0.15) is 5.56 Å². The van der Waals surface area contributed by atoms with Crippen LogP contribution in [0.4, 0.5) is 10.8 Å². The van der Waals surface area contributed by atoms with Gasteiger partial charge in [-0.15, -0.1) is 11.8 Å². The van der Waals surface area contributed by atoms with Crippen molar-refractivity contribution in [2.75, 3.05) is 17.3 Å². The molecule has 0 saturated heterocycles. The van der Waals surface area contributed by atoms with Crippen LogP contribution in [0.25, 0.3) is 11.3 Å². The Hall–Kier alpha value is -1.99. The topological polar surface area (TPSA) is 79.6 Å². The molecule has 0 aliphatic heterocycles. The number of anilines is 2. The summed E-state index contributed by atoms with van der Waals surface area (Å²) in [7, 11) is 0. The summed E-state index contributed by atoms with van der Waals surface area (Å²) in [6.07, 6.45) is 3.76. The summed E-state index contributed by atoms with van der Waals surface area (Å²) in [6, 6.07) is 10.3. The Kier molecular flexibility index (Phi) is 4.12. The molecule has 0 atom stereocenters. The number of benzene rings is 1. The van der Waals surface area contributed by atoms with E-state index in [4.69, 9.17) is 5.73 Å². The van der Waals surface area contributed by atoms with Gasteiger partial charge in [0.2, 0.25) is 0 Å². The van der Waals surface area contributed by atoms with E-state index in [1.807, 2.05) is 12.3 Å². The van der Waals surface area contributed by atoms with E-state index in [0.29, 0.717) is 5.82 Å². The molecule has 0 bridgehead atoms. The maximum atomic E-state index is 5.82. The first kappa shape index (κ1) is 14.0. The van der Waals surface area contributed by atoms with Crippen molar-refractivity contribution in [3.63, 3.8) is 0 Å². The molecular formula is C14H15N5S2. The minimum atomic E-state index is 0.601. The molecule has 5 nitrogen and oxygen atoms in total. The van der Waals surface area contributed by atoms with Gasteiger partial charge in [-0.3, -0.25) is 5.10 Å². The average Bonchev–Trinajstić information content (AvgIpc) is 3.15. The van der Waals surface area contributed by atoms with E-state index in [1.54, 1.807) is 18.0 Å². The highest BCUT2D eigenvalue weighted by molar-refractivity contribution is 7.99. The first-order valence-electron chi connectivity index (χ1n) is 6.39. The van der Waals surface area contributed by atoms with Crippen LogP contribution in [0, 0.1) is 0 Å². The van der Waals surface area contributed by atoms with E-state index in [0.717, 1.165) is 27.7 Å². The number of nitrogens with one attached hydrogen (secondary N) is 2. The van der Waals surface area contributed by atoms with Crippen molar-refractivity contribution in [3.05, 3.63) is 42.1 Å². The first-order valence-corrected chi connectivity index (χ1v) is 8.39. The van der Waals surface area contributed by atoms with Gasteiger partial charge in [0.05, 0.1) is 10.6 Å². The molecule has 0 spiro atoms. The van der Waals surface area contributed by atoms with Gasteiger partial charge in [-0.05, 0) is 35.0 Å². The SMILES string of the molecule is CSc1c(N)nsc1NCc1ccc(-c2ccn[nH]2)cc1. The van der Waals surface area contributed by atoms with Crippen LogP contribution in [-0.2, 0) is 6.54 Å². The lowest BCUT2D eigenvalue weighted by atomic mass is 10.1. The molecular weight excluding hydrogens is 302 g/mol. The van der Waals surface area contributed by atoms with E-state index in [1.165, 1.54) is 17.1 Å². The van der Waals surface area contributed by atoms with Gasteiger partial charge in [0.1, 0.15) is 5.00 Å². The highest BCUT2D eigenvalue weighted by Gasteiger charge is 2.09. The summed E-state index contributed by atoms with van der Waals surface area (Å²) in [5.74, 6) is 0.601. The van der Waals surface area contributed by atoms with E-state index < -0.39 is 0 Å². The predicted molar refractivity (Wildman–Crippen MR) is 89.7 cm³/mol. The third-order valence-electron chi connectivity index (χ3n) is 3.10. The van der Waals surface area contributed by atoms with Crippen LogP contribution >= 0.6 is 23.3 Å². The molecule has 0 unspecified atom stereocenters. The number of aromatic amines is 1. The molecule has 3 aromatic rings. The van der Waals surface area contributed by atoms with Gasteiger partial charge in [-0.2, -0.15) is 9.47 Å². The Bertz CT molecular complexity index is 704. The molecule has 21 heavy (non-hydrogen) atoms. The van der Waals surface area contributed by atoms with Crippen LogP contribution in [-0.4, -0.2) is 20.8 Å². The van der Waals surface area contributed by atoms with Crippen LogP contribution in [0.2, 0.25) is 0 Å². The Morgan fingerprint density at radius 1 is 1.29 bits per heavy atom. The third kappa shape index (κ3) is 3.03. The van der Waals surface area contributed by atoms with Crippen LogP contribution < -0.4 is 11.1 Å². The van der Waals surface area contributed by atoms with E-state index in [2.05, 4.69) is 44.2 Å². The smallest absolute Gasteiger partial charge is 0.153 e. The van der Waals surface area contributed by atoms with E-state index >= 15 is 0 Å². The lowest BCUT2D eigenvalue weighted by molar-refractivity contribution is 1.09. The Morgan fingerprint density at radius 3 is 2.76 bits per heavy atom. The molecule has 2 aromatic heterocycles. The minimum absolute atomic E-state index is 0.601. The van der Waals surface area contributed by atoms with E-state index in [9.17, 15) is 0 Å². The lowest BCUT2D eigenvalue weighted by Gasteiger charge is -2.06. The standard InChI is InChI=1S/C14H15N5S2/c1-20-12-13(15)19-21-14(12)16-8-9-2-4-10(5-3-9)11-6-7-17-18-11/h2-7,16H,8H2,1H3,(H2,15,19)(H,17,18). The zero-order valence-electron chi connectivity index (χ0n) is 11.5. The monoisotopic (exact) mass is 317 g/mol. The van der Waals surface area contributed by atoms with Gasteiger partial charge in [0, 0.05) is 12.7 Å². The highest BCUT2D eigenvalue weighted by atomic mass is 32.2. The molecule has 7 heteroatoms. The Labute approximate surface area is 131 Å². The second-order valence-corrected chi connectivity index (χ2v) is 6.04. The molecule has 1 aromatic carbocycles. The number of rotatable bonds is 5. The molecule has 0 aliphatic rings. The Morgan fingerprint density at radius 2 is 2.10 bits per heavy atom. The van der Waals surface area contributed by atoms with Gasteiger partial charge in [0.25, 0.3) is 0 Å². The lowest BCUT2D eigenvalue weighted by Crippen LogP contribution is -1.98. The number of hydrogen-bond acceptors (Lipinski definition) is 6. The second kappa shape index (κ2) is 6.19. The number of aromatic nitrogens is 3. The number of nitrogens with zero attached hydrogens (tertiary/aromatic N) is 2. The van der Waals surface area contributed by atoms with Crippen LogP contribution in [0.5, 0.6) is 0 Å². The quantitative estimate of drug-likeness (QED) is 0.628. The van der Waals surface area contributed by atoms with Gasteiger partial charge >= 0.3 is 0 Å². The molecule has 108 valence electrons. The molecule has 0 aliphatic carbocycles. The van der Waals surface area contributed by atoms with Gasteiger partial charge in [0.15, 0.2) is 5.82 Å². The molecule has 2 heterocycles. The minimum Gasteiger partial charge on any atom is -0.382 e. The van der Waals surface area contributed by atoms with Gasteiger partial charge < -0.3 is 11.1 Å². The fraction of sp³-hybridized carbons (Fsp3) is 0.143. The fourth-order valence-electron chi connectivity index (χ4n) is 2.01. The van der Waals surface area contributed by atoms with Crippen molar-refractivity contribution in [3.8, 4) is 11.3 Å². The van der Waals surface area contributed by atoms with Crippen LogP contribution in [0.3, 0.4) is 0 Å². The fourth-order valence-corrected chi connectivity index (χ4v) is 3.54. The van der Waals surface area contributed by atoms with Crippen molar-refractivity contribution in [1.29, 1.82) is 0 Å². The molecule has 0 fully saturated rings. The van der Waals surface area contributed by atoms with Gasteiger partial charge in [-0.1, -0.05) is 24.3 Å². The summed E-state index contributed by atoms with van der Waals surface area (Å²) in [6.45, 7) is 0.748. The summed E-state index contributed by atoms with van der Waals surface area (Å²) >= 11 is 3.01. The number of hydrogen-bond donors (Lipinski definition) is 3.